The van der Waals surface area contributed by atoms with E-state index in [2.05, 4.69) is 0 Å². The van der Waals surface area contributed by atoms with Gasteiger partial charge in [0.2, 0.25) is 6.41 Å². The minimum atomic E-state index is -0.561. The zero-order valence-corrected chi connectivity index (χ0v) is 19.7. The summed E-state index contributed by atoms with van der Waals surface area (Å²) >= 11 is 1.46. The number of benzene rings is 2. The molecule has 0 unspecified atom stereocenters. The van der Waals surface area contributed by atoms with Crippen LogP contribution in [0, 0.1) is 0 Å². The first-order valence-electron chi connectivity index (χ1n) is 10.5. The van der Waals surface area contributed by atoms with Crippen LogP contribution in [0.1, 0.15) is 37.5 Å². The molecule has 0 radical (unpaired) electrons. The smallest absolute Gasteiger partial charge is 0.326 e. The van der Waals surface area contributed by atoms with E-state index < -0.39 is 5.60 Å². The lowest BCUT2D eigenvalue weighted by Gasteiger charge is -2.25. The highest BCUT2D eigenvalue weighted by atomic mass is 32.2. The van der Waals surface area contributed by atoms with Gasteiger partial charge in [0.15, 0.2) is 0 Å². The Labute approximate surface area is 198 Å². The topological polar surface area (TPSA) is 79.3 Å². The Balaban J connectivity index is 1.75. The number of nitrogens with zero attached hydrogens (tertiary/aromatic N) is 2. The Morgan fingerprint density at radius 3 is 2.61 bits per heavy atom. The maximum atomic E-state index is 12.2. The number of aromatic hydroxyl groups is 1. The third-order valence-electron chi connectivity index (χ3n) is 4.55. The van der Waals surface area contributed by atoms with Crippen molar-refractivity contribution < 1.29 is 24.3 Å². The first-order valence-corrected chi connectivity index (χ1v) is 11.4. The highest BCUT2D eigenvalue weighted by molar-refractivity contribution is 8.11. The second-order valence-electron chi connectivity index (χ2n) is 8.40. The van der Waals surface area contributed by atoms with Crippen molar-refractivity contribution in [3.63, 3.8) is 0 Å². The average Bonchev–Trinajstić information content (AvgIpc) is 2.77. The molecule has 1 heterocycles. The summed E-state index contributed by atoms with van der Waals surface area (Å²) in [5.41, 5.74) is 1.65. The van der Waals surface area contributed by atoms with Gasteiger partial charge in [0.1, 0.15) is 24.5 Å². The van der Waals surface area contributed by atoms with E-state index >= 15 is 0 Å². The zero-order chi connectivity index (χ0) is 23.8. The van der Waals surface area contributed by atoms with E-state index in [9.17, 15) is 14.7 Å². The van der Waals surface area contributed by atoms with Crippen LogP contribution in [0.15, 0.2) is 66.3 Å². The largest absolute Gasteiger partial charge is 0.508 e. The SMILES string of the molecule is CC(C)(C)OC(=O)CN1C=CSC(c2cccc(O)c2CN(C=O)OCc2ccccc2)=C1. The van der Waals surface area contributed by atoms with Crippen LogP contribution in [0.2, 0.25) is 0 Å². The first kappa shape index (κ1) is 24.4. The van der Waals surface area contributed by atoms with E-state index in [1.165, 1.54) is 11.8 Å². The van der Waals surface area contributed by atoms with Crippen LogP contribution in [0.4, 0.5) is 0 Å². The maximum Gasteiger partial charge on any atom is 0.326 e. The number of phenols is 1. The number of ether oxygens (including phenoxy) is 1. The molecule has 2 aromatic carbocycles. The molecule has 0 aliphatic carbocycles. The normalized spacial score (nSPS) is 13.4. The summed E-state index contributed by atoms with van der Waals surface area (Å²) in [4.78, 5) is 32.1. The standard InChI is InChI=1S/C25H28N2O5S/c1-25(2,3)32-24(30)16-26-12-13-33-23(15-26)20-10-7-11-22(29)21(20)14-27(18-28)31-17-19-8-5-4-6-9-19/h4-13,15,18,29H,14,16-17H2,1-3H3. The highest BCUT2D eigenvalue weighted by Crippen LogP contribution is 2.37. The van der Waals surface area contributed by atoms with Crippen LogP contribution in [0.5, 0.6) is 5.75 Å². The molecule has 174 valence electrons. The summed E-state index contributed by atoms with van der Waals surface area (Å²) in [5, 5.41) is 13.6. The summed E-state index contributed by atoms with van der Waals surface area (Å²) in [6.45, 7) is 5.83. The number of amides is 1. The number of rotatable bonds is 9. The lowest BCUT2D eigenvalue weighted by molar-refractivity contribution is -0.181. The molecule has 0 spiro atoms. The molecule has 0 saturated carbocycles. The van der Waals surface area contributed by atoms with Crippen molar-refractivity contribution in [2.75, 3.05) is 6.54 Å². The van der Waals surface area contributed by atoms with Gasteiger partial charge in [0.05, 0.1) is 6.54 Å². The van der Waals surface area contributed by atoms with Crippen molar-refractivity contribution in [3.8, 4) is 5.75 Å². The lowest BCUT2D eigenvalue weighted by atomic mass is 10.1. The monoisotopic (exact) mass is 468 g/mol. The maximum absolute atomic E-state index is 12.2. The van der Waals surface area contributed by atoms with Crippen molar-refractivity contribution in [2.24, 2.45) is 0 Å². The van der Waals surface area contributed by atoms with Crippen LogP contribution in [-0.2, 0) is 32.3 Å². The second-order valence-corrected chi connectivity index (χ2v) is 9.35. The molecule has 0 aromatic heterocycles. The van der Waals surface area contributed by atoms with Crippen molar-refractivity contribution in [3.05, 3.63) is 83.0 Å². The molecule has 0 bridgehead atoms. The van der Waals surface area contributed by atoms with Gasteiger partial charge in [-0.25, -0.2) is 5.06 Å². The molecule has 0 fully saturated rings. The number of phenolic OH excluding ortho intramolecular Hbond substituents is 1. The lowest BCUT2D eigenvalue weighted by Crippen LogP contribution is -2.30. The van der Waals surface area contributed by atoms with Crippen molar-refractivity contribution in [1.29, 1.82) is 0 Å². The Kier molecular flexibility index (Phi) is 8.19. The fourth-order valence-corrected chi connectivity index (χ4v) is 4.01. The van der Waals surface area contributed by atoms with E-state index in [4.69, 9.17) is 9.57 Å². The summed E-state index contributed by atoms with van der Waals surface area (Å²) in [6, 6.07) is 14.7. The number of esters is 1. The van der Waals surface area contributed by atoms with Crippen LogP contribution < -0.4 is 0 Å². The first-order chi connectivity index (χ1) is 15.7. The van der Waals surface area contributed by atoms with Gasteiger partial charge >= 0.3 is 5.97 Å². The van der Waals surface area contributed by atoms with E-state index in [1.807, 2.05) is 68.8 Å². The van der Waals surface area contributed by atoms with Gasteiger partial charge in [-0.3, -0.25) is 14.4 Å². The minimum Gasteiger partial charge on any atom is -0.508 e. The van der Waals surface area contributed by atoms with Gasteiger partial charge < -0.3 is 14.7 Å². The third kappa shape index (κ3) is 7.40. The molecule has 1 aliphatic heterocycles. The van der Waals surface area contributed by atoms with Crippen LogP contribution in [0.3, 0.4) is 0 Å². The number of carbonyl (C=O) groups excluding carboxylic acids is 2. The minimum absolute atomic E-state index is 0.0532. The molecular weight excluding hydrogens is 440 g/mol. The van der Waals surface area contributed by atoms with E-state index in [1.54, 1.807) is 23.2 Å². The fourth-order valence-electron chi connectivity index (χ4n) is 3.13. The molecule has 8 heteroatoms. The number of hydroxylamine groups is 2. The number of thioether (sulfide) groups is 1. The summed E-state index contributed by atoms with van der Waals surface area (Å²) < 4.78 is 5.40. The Morgan fingerprint density at radius 1 is 1.15 bits per heavy atom. The van der Waals surface area contributed by atoms with Gasteiger partial charge in [0.25, 0.3) is 0 Å². The Morgan fingerprint density at radius 2 is 1.91 bits per heavy atom. The molecule has 2 aromatic rings. The summed E-state index contributed by atoms with van der Waals surface area (Å²) in [5.74, 6) is -0.287. The Hall–Kier alpha value is -3.23. The predicted molar refractivity (Wildman–Crippen MR) is 128 cm³/mol. The van der Waals surface area contributed by atoms with E-state index in [0.29, 0.717) is 12.0 Å². The van der Waals surface area contributed by atoms with Crippen molar-refractivity contribution in [1.82, 2.24) is 9.96 Å². The zero-order valence-electron chi connectivity index (χ0n) is 18.9. The van der Waals surface area contributed by atoms with Gasteiger partial charge in [-0.05, 0) is 43.4 Å². The molecule has 0 saturated heterocycles. The van der Waals surface area contributed by atoms with E-state index in [0.717, 1.165) is 21.1 Å². The number of carbonyl (C=O) groups is 2. The average molecular weight is 469 g/mol. The molecule has 7 nitrogen and oxygen atoms in total. The van der Waals surface area contributed by atoms with Crippen molar-refractivity contribution >= 4 is 29.0 Å². The fraction of sp³-hybridized carbons (Fsp3) is 0.280. The van der Waals surface area contributed by atoms with Crippen LogP contribution >= 0.6 is 11.8 Å². The molecule has 0 atom stereocenters. The van der Waals surface area contributed by atoms with Crippen LogP contribution in [0.25, 0.3) is 4.91 Å². The molecule has 33 heavy (non-hydrogen) atoms. The highest BCUT2D eigenvalue weighted by Gasteiger charge is 2.21. The van der Waals surface area contributed by atoms with E-state index in [-0.39, 0.29) is 31.4 Å². The van der Waals surface area contributed by atoms with Gasteiger partial charge in [-0.2, -0.15) is 0 Å². The third-order valence-corrected chi connectivity index (χ3v) is 5.39. The number of hydrogen-bond donors (Lipinski definition) is 1. The van der Waals surface area contributed by atoms with Gasteiger partial charge in [0, 0.05) is 22.9 Å². The quantitative estimate of drug-likeness (QED) is 0.326. The predicted octanol–water partition coefficient (Wildman–Crippen LogP) is 4.64. The van der Waals surface area contributed by atoms with Gasteiger partial charge in [-0.1, -0.05) is 54.2 Å². The number of hydrogen-bond acceptors (Lipinski definition) is 7. The van der Waals surface area contributed by atoms with Crippen LogP contribution in [-0.4, -0.2) is 39.6 Å². The molecule has 1 aliphatic rings. The second kappa shape index (κ2) is 11.1. The summed E-state index contributed by atoms with van der Waals surface area (Å²) in [6.07, 6.45) is 4.21. The molecular formula is C25H28N2O5S. The summed E-state index contributed by atoms with van der Waals surface area (Å²) in [7, 11) is 0. The molecule has 3 rings (SSSR count). The molecule has 1 amide bonds. The van der Waals surface area contributed by atoms with Gasteiger partial charge in [-0.15, -0.1) is 0 Å². The molecule has 1 N–H and O–H groups in total. The van der Waals surface area contributed by atoms with Crippen molar-refractivity contribution in [2.45, 2.75) is 39.5 Å². The Bertz CT molecular complexity index is 1030.